The number of amides is 2. The van der Waals surface area contributed by atoms with Crippen molar-refractivity contribution in [2.24, 2.45) is 0 Å². The Morgan fingerprint density at radius 2 is 1.67 bits per heavy atom. The predicted molar refractivity (Wildman–Crippen MR) is 144 cm³/mol. The zero-order chi connectivity index (χ0) is 27.0. The van der Waals surface area contributed by atoms with Crippen molar-refractivity contribution >= 4 is 50.7 Å². The van der Waals surface area contributed by atoms with Crippen LogP contribution in [0.3, 0.4) is 0 Å². The first-order valence-electron chi connectivity index (χ1n) is 11.6. The van der Waals surface area contributed by atoms with E-state index in [0.717, 1.165) is 10.6 Å². The molecule has 0 bridgehead atoms. The zero-order valence-electron chi connectivity index (χ0n) is 21.1. The predicted octanol–water partition coefficient (Wildman–Crippen LogP) is 4.49. The molecule has 2 amide bonds. The number of halogens is 2. The fourth-order valence-corrected chi connectivity index (χ4v) is 4.95. The van der Waals surface area contributed by atoms with Crippen molar-refractivity contribution in [1.82, 2.24) is 10.2 Å². The van der Waals surface area contributed by atoms with Crippen LogP contribution >= 0.6 is 23.2 Å². The van der Waals surface area contributed by atoms with E-state index in [1.807, 2.05) is 13.8 Å². The van der Waals surface area contributed by atoms with Gasteiger partial charge in [-0.2, -0.15) is 0 Å². The Balaban J connectivity index is 2.51. The van der Waals surface area contributed by atoms with E-state index < -0.39 is 28.5 Å². The zero-order valence-corrected chi connectivity index (χ0v) is 23.5. The summed E-state index contributed by atoms with van der Waals surface area (Å²) >= 11 is 12.8. The molecule has 2 atom stereocenters. The maximum atomic E-state index is 13.7. The molecule has 0 aliphatic carbocycles. The van der Waals surface area contributed by atoms with Crippen molar-refractivity contribution in [2.45, 2.75) is 52.2 Å². The molecule has 0 aliphatic rings. The van der Waals surface area contributed by atoms with E-state index in [1.54, 1.807) is 43.3 Å². The fraction of sp³-hybridized carbons (Fsp3) is 0.440. The van der Waals surface area contributed by atoms with Crippen molar-refractivity contribution in [2.75, 3.05) is 24.2 Å². The second-order valence-corrected chi connectivity index (χ2v) is 11.2. The monoisotopic (exact) mass is 557 g/mol. The Hall–Kier alpha value is -2.49. The third kappa shape index (κ3) is 7.75. The molecule has 0 aromatic heterocycles. The number of benzene rings is 2. The van der Waals surface area contributed by atoms with Gasteiger partial charge in [-0.1, -0.05) is 49.2 Å². The van der Waals surface area contributed by atoms with Gasteiger partial charge in [0.05, 0.1) is 19.1 Å². The summed E-state index contributed by atoms with van der Waals surface area (Å²) < 4.78 is 31.6. The summed E-state index contributed by atoms with van der Waals surface area (Å²) in [6.07, 6.45) is 2.03. The molecule has 0 saturated carbocycles. The second kappa shape index (κ2) is 13.2. The Labute approximate surface area is 223 Å². The topological polar surface area (TPSA) is 96.0 Å². The van der Waals surface area contributed by atoms with Crippen molar-refractivity contribution in [3.63, 3.8) is 0 Å². The van der Waals surface area contributed by atoms with Gasteiger partial charge in [0, 0.05) is 34.3 Å². The van der Waals surface area contributed by atoms with Crippen molar-refractivity contribution in [3.05, 3.63) is 58.1 Å². The Kier molecular flexibility index (Phi) is 10.9. The van der Waals surface area contributed by atoms with E-state index >= 15 is 0 Å². The third-order valence-corrected chi connectivity index (χ3v) is 7.65. The molecule has 0 spiro atoms. The minimum absolute atomic E-state index is 0.0700. The lowest BCUT2D eigenvalue weighted by atomic mass is 10.1. The molecule has 0 aliphatic heterocycles. The van der Waals surface area contributed by atoms with Crippen molar-refractivity contribution in [3.8, 4) is 5.75 Å². The Morgan fingerprint density at radius 3 is 2.19 bits per heavy atom. The standard InChI is InChI=1S/C25H33Cl2N3O5S/c1-6-17(3)28-25(32)23(7-2)29(15-20-21(26)12-9-13-22(20)27)24(31)16-30(36(5,33)34)18-10-8-11-19(14-18)35-4/h8-14,17,23H,6-7,15-16H2,1-5H3,(H,28,32)/t17-,23-/m1/s1. The quantitative estimate of drug-likeness (QED) is 0.414. The summed E-state index contributed by atoms with van der Waals surface area (Å²) in [4.78, 5) is 28.2. The Morgan fingerprint density at radius 1 is 1.06 bits per heavy atom. The number of sulfonamides is 1. The van der Waals surface area contributed by atoms with Gasteiger partial charge in [-0.25, -0.2) is 8.42 Å². The highest BCUT2D eigenvalue weighted by Gasteiger charge is 2.33. The normalized spacial score (nSPS) is 13.0. The number of nitrogens with zero attached hydrogens (tertiary/aromatic N) is 2. The lowest BCUT2D eigenvalue weighted by Crippen LogP contribution is -2.53. The maximum Gasteiger partial charge on any atom is 0.244 e. The number of methoxy groups -OCH3 is 1. The summed E-state index contributed by atoms with van der Waals surface area (Å²) in [6, 6.07) is 10.4. The van der Waals surface area contributed by atoms with Gasteiger partial charge >= 0.3 is 0 Å². The summed E-state index contributed by atoms with van der Waals surface area (Å²) in [7, 11) is -2.39. The van der Waals surface area contributed by atoms with Crippen LogP contribution in [0.4, 0.5) is 5.69 Å². The first-order chi connectivity index (χ1) is 16.9. The van der Waals surface area contributed by atoms with E-state index in [2.05, 4.69) is 5.32 Å². The molecule has 1 N–H and O–H groups in total. The van der Waals surface area contributed by atoms with Crippen molar-refractivity contribution in [1.29, 1.82) is 0 Å². The first kappa shape index (κ1) is 29.7. The van der Waals surface area contributed by atoms with E-state index in [-0.39, 0.29) is 24.2 Å². The molecule has 2 aromatic carbocycles. The van der Waals surface area contributed by atoms with Gasteiger partial charge in [0.25, 0.3) is 0 Å². The van der Waals surface area contributed by atoms with Crippen LogP contribution < -0.4 is 14.4 Å². The highest BCUT2D eigenvalue weighted by molar-refractivity contribution is 7.92. The van der Waals surface area contributed by atoms with Crippen LogP contribution in [0.5, 0.6) is 5.75 Å². The number of anilines is 1. The van der Waals surface area contributed by atoms with Crippen LogP contribution in [-0.2, 0) is 26.2 Å². The number of carbonyl (C=O) groups excluding carboxylic acids is 2. The number of hydrogen-bond donors (Lipinski definition) is 1. The molecule has 2 aromatic rings. The molecule has 8 nitrogen and oxygen atoms in total. The highest BCUT2D eigenvalue weighted by Crippen LogP contribution is 2.28. The summed E-state index contributed by atoms with van der Waals surface area (Å²) in [6.45, 7) is 5.00. The lowest BCUT2D eigenvalue weighted by molar-refractivity contribution is -0.140. The molecule has 0 heterocycles. The molecule has 0 unspecified atom stereocenters. The molecule has 0 saturated heterocycles. The fourth-order valence-electron chi connectivity index (χ4n) is 3.59. The van der Waals surface area contributed by atoms with Crippen molar-refractivity contribution < 1.29 is 22.7 Å². The van der Waals surface area contributed by atoms with E-state index in [9.17, 15) is 18.0 Å². The molecule has 36 heavy (non-hydrogen) atoms. The van der Waals surface area contributed by atoms with Crippen LogP contribution in [0.25, 0.3) is 0 Å². The van der Waals surface area contributed by atoms with E-state index in [4.69, 9.17) is 27.9 Å². The average molecular weight is 559 g/mol. The van der Waals surface area contributed by atoms with Crippen LogP contribution in [0.1, 0.15) is 39.2 Å². The van der Waals surface area contributed by atoms with Crippen LogP contribution in [0.2, 0.25) is 10.0 Å². The molecule has 0 radical (unpaired) electrons. The summed E-state index contributed by atoms with van der Waals surface area (Å²) in [5, 5.41) is 3.59. The van der Waals surface area contributed by atoms with Gasteiger partial charge in [0.15, 0.2) is 0 Å². The number of ether oxygens (including phenoxy) is 1. The molecule has 198 valence electrons. The molecule has 2 rings (SSSR count). The maximum absolute atomic E-state index is 13.7. The smallest absolute Gasteiger partial charge is 0.244 e. The molecular formula is C25H33Cl2N3O5S. The van der Waals surface area contributed by atoms with E-state index in [1.165, 1.54) is 18.1 Å². The van der Waals surface area contributed by atoms with Gasteiger partial charge in [-0.3, -0.25) is 13.9 Å². The SMILES string of the molecule is CC[C@@H](C)NC(=O)[C@@H](CC)N(Cc1c(Cl)cccc1Cl)C(=O)CN(c1cccc(OC)c1)S(C)(=O)=O. The number of carbonyl (C=O) groups is 2. The largest absolute Gasteiger partial charge is 0.497 e. The van der Waals surface area contributed by atoms with Crippen LogP contribution in [-0.4, -0.2) is 57.1 Å². The van der Waals surface area contributed by atoms with Gasteiger partial charge < -0.3 is 15.0 Å². The second-order valence-electron chi connectivity index (χ2n) is 8.43. The van der Waals surface area contributed by atoms with Gasteiger partial charge in [-0.05, 0) is 44.0 Å². The first-order valence-corrected chi connectivity index (χ1v) is 14.2. The van der Waals surface area contributed by atoms with Gasteiger partial charge in [-0.15, -0.1) is 0 Å². The average Bonchev–Trinajstić information content (AvgIpc) is 2.83. The molecule has 11 heteroatoms. The molecule has 0 fully saturated rings. The Bertz CT molecular complexity index is 1160. The highest BCUT2D eigenvalue weighted by atomic mass is 35.5. The lowest BCUT2D eigenvalue weighted by Gasteiger charge is -2.33. The number of nitrogens with one attached hydrogen (secondary N) is 1. The number of rotatable bonds is 12. The minimum atomic E-state index is -3.86. The number of hydrogen-bond acceptors (Lipinski definition) is 5. The molecular weight excluding hydrogens is 525 g/mol. The van der Waals surface area contributed by atoms with Crippen LogP contribution in [0, 0.1) is 0 Å². The van der Waals surface area contributed by atoms with Crippen LogP contribution in [0.15, 0.2) is 42.5 Å². The summed E-state index contributed by atoms with van der Waals surface area (Å²) in [5.74, 6) is -0.478. The van der Waals surface area contributed by atoms with Gasteiger partial charge in [0.2, 0.25) is 21.8 Å². The van der Waals surface area contributed by atoms with E-state index in [0.29, 0.717) is 34.2 Å². The summed E-state index contributed by atoms with van der Waals surface area (Å²) in [5.41, 5.74) is 0.731. The van der Waals surface area contributed by atoms with Gasteiger partial charge in [0.1, 0.15) is 18.3 Å². The third-order valence-electron chi connectivity index (χ3n) is 5.80. The minimum Gasteiger partial charge on any atom is -0.497 e.